The van der Waals surface area contributed by atoms with Crippen LogP contribution in [0.5, 0.6) is 0 Å². The first-order valence-corrected chi connectivity index (χ1v) is 6.50. The van der Waals surface area contributed by atoms with Gasteiger partial charge in [0.25, 0.3) is 0 Å². The van der Waals surface area contributed by atoms with Crippen LogP contribution in [0.15, 0.2) is 0 Å². The van der Waals surface area contributed by atoms with Gasteiger partial charge in [0.2, 0.25) is 5.91 Å². The molecule has 1 saturated heterocycles. The van der Waals surface area contributed by atoms with Crippen LogP contribution in [0, 0.1) is 16.7 Å². The lowest BCUT2D eigenvalue weighted by molar-refractivity contribution is -0.146. The number of aliphatic carboxylic acids is 1. The van der Waals surface area contributed by atoms with Crippen LogP contribution in [0.1, 0.15) is 33.1 Å². The summed E-state index contributed by atoms with van der Waals surface area (Å²) in [5.41, 5.74) is -0.342. The highest BCUT2D eigenvalue weighted by Crippen LogP contribution is 2.21. The number of carboxylic acids is 1. The lowest BCUT2D eigenvalue weighted by Gasteiger charge is -2.32. The maximum absolute atomic E-state index is 11.3. The van der Waals surface area contributed by atoms with Crippen molar-refractivity contribution in [3.63, 3.8) is 0 Å². The molecule has 0 radical (unpaired) electrons. The molecular weight excluding hydrogens is 246 g/mol. The molecule has 1 atom stereocenters. The van der Waals surface area contributed by atoms with Crippen LogP contribution in [-0.2, 0) is 9.59 Å². The van der Waals surface area contributed by atoms with E-state index in [2.05, 4.69) is 11.4 Å². The highest BCUT2D eigenvalue weighted by Gasteiger charge is 2.31. The maximum Gasteiger partial charge on any atom is 0.322 e. The monoisotopic (exact) mass is 267 g/mol. The molecule has 1 heterocycles. The highest BCUT2D eigenvalue weighted by atomic mass is 16.4. The highest BCUT2D eigenvalue weighted by molar-refractivity contribution is 5.83. The van der Waals surface area contributed by atoms with Crippen LogP contribution < -0.4 is 5.32 Å². The number of carbonyl (C=O) groups is 2. The molecule has 1 fully saturated rings. The van der Waals surface area contributed by atoms with E-state index in [-0.39, 0.29) is 24.4 Å². The molecule has 19 heavy (non-hydrogen) atoms. The molecule has 0 aromatic carbocycles. The number of hydrogen-bond donors (Lipinski definition) is 2. The van der Waals surface area contributed by atoms with Crippen molar-refractivity contribution >= 4 is 11.9 Å². The predicted molar refractivity (Wildman–Crippen MR) is 69.3 cm³/mol. The van der Waals surface area contributed by atoms with Gasteiger partial charge in [-0.1, -0.05) is 6.42 Å². The van der Waals surface area contributed by atoms with Crippen LogP contribution in [0.4, 0.5) is 0 Å². The van der Waals surface area contributed by atoms with E-state index in [0.29, 0.717) is 6.54 Å². The summed E-state index contributed by atoms with van der Waals surface area (Å²) in [6.07, 6.45) is 2.43. The number of carboxylic acid groups (broad SMARTS) is 1. The zero-order chi connectivity index (χ0) is 14.5. The Bertz CT molecular complexity index is 387. The van der Waals surface area contributed by atoms with Gasteiger partial charge in [-0.3, -0.25) is 14.5 Å². The first kappa shape index (κ1) is 15.4. The number of nitrogens with one attached hydrogen (secondary N) is 1. The Balaban J connectivity index is 2.39. The molecular formula is C13H21N3O3. The molecule has 106 valence electrons. The second-order valence-corrected chi connectivity index (χ2v) is 5.58. The molecule has 0 aliphatic carbocycles. The summed E-state index contributed by atoms with van der Waals surface area (Å²) in [4.78, 5) is 24.1. The minimum atomic E-state index is -0.905. The van der Waals surface area contributed by atoms with Crippen molar-refractivity contribution in [1.82, 2.24) is 10.2 Å². The van der Waals surface area contributed by atoms with Gasteiger partial charge < -0.3 is 10.4 Å². The zero-order valence-corrected chi connectivity index (χ0v) is 11.5. The maximum atomic E-state index is 11.3. The van der Waals surface area contributed by atoms with Crippen molar-refractivity contribution in [3.8, 4) is 6.07 Å². The van der Waals surface area contributed by atoms with Gasteiger partial charge in [0.15, 0.2) is 0 Å². The average Bonchev–Trinajstić information content (AvgIpc) is 2.34. The fourth-order valence-corrected chi connectivity index (χ4v) is 2.11. The number of amides is 1. The van der Waals surface area contributed by atoms with Gasteiger partial charge in [-0.2, -0.15) is 5.26 Å². The first-order valence-electron chi connectivity index (χ1n) is 6.50. The molecule has 6 heteroatoms. The summed E-state index contributed by atoms with van der Waals surface area (Å²) >= 11 is 0. The second kappa shape index (κ2) is 6.53. The lowest BCUT2D eigenvalue weighted by Crippen LogP contribution is -2.57. The molecule has 0 spiro atoms. The summed E-state index contributed by atoms with van der Waals surface area (Å²) in [5.74, 6) is -1.03. The van der Waals surface area contributed by atoms with Crippen LogP contribution >= 0.6 is 0 Å². The number of carbonyl (C=O) groups excluding carboxylic acids is 1. The van der Waals surface area contributed by atoms with Crippen LogP contribution in [-0.4, -0.2) is 47.6 Å². The Morgan fingerprint density at radius 1 is 1.58 bits per heavy atom. The molecule has 1 aliphatic heterocycles. The number of piperazine rings is 1. The Morgan fingerprint density at radius 2 is 2.26 bits per heavy atom. The Kier molecular flexibility index (Phi) is 5.31. The van der Waals surface area contributed by atoms with E-state index in [1.165, 1.54) is 0 Å². The van der Waals surface area contributed by atoms with Crippen molar-refractivity contribution in [2.75, 3.05) is 19.6 Å². The molecule has 2 N–H and O–H groups in total. The fraction of sp³-hybridized carbons (Fsp3) is 0.769. The van der Waals surface area contributed by atoms with E-state index in [4.69, 9.17) is 10.4 Å². The van der Waals surface area contributed by atoms with Crippen molar-refractivity contribution in [2.24, 2.45) is 5.41 Å². The van der Waals surface area contributed by atoms with Crippen molar-refractivity contribution in [2.45, 2.75) is 39.2 Å². The van der Waals surface area contributed by atoms with E-state index in [0.717, 1.165) is 19.3 Å². The molecule has 1 rings (SSSR count). The van der Waals surface area contributed by atoms with E-state index in [1.54, 1.807) is 4.90 Å². The SMILES string of the molecule is CC(C)(C#N)CCCCN1CC(=O)NCC1C(=O)O. The standard InChI is InChI=1S/C13H21N3O3/c1-13(2,9-14)5-3-4-6-16-8-11(17)15-7-10(16)12(18)19/h10H,3-8H2,1-2H3,(H,15,17)(H,18,19). The minimum absolute atomic E-state index is 0.130. The van der Waals surface area contributed by atoms with Gasteiger partial charge in [0, 0.05) is 6.54 Å². The van der Waals surface area contributed by atoms with E-state index < -0.39 is 12.0 Å². The van der Waals surface area contributed by atoms with Gasteiger partial charge in [-0.25, -0.2) is 0 Å². The molecule has 1 aliphatic rings. The van der Waals surface area contributed by atoms with Gasteiger partial charge in [0.1, 0.15) is 6.04 Å². The van der Waals surface area contributed by atoms with E-state index >= 15 is 0 Å². The normalized spacial score (nSPS) is 20.7. The summed E-state index contributed by atoms with van der Waals surface area (Å²) in [7, 11) is 0. The summed E-state index contributed by atoms with van der Waals surface area (Å²) in [5, 5.41) is 20.5. The average molecular weight is 267 g/mol. The van der Waals surface area contributed by atoms with Gasteiger partial charge in [-0.15, -0.1) is 0 Å². The number of nitrogens with zero attached hydrogens (tertiary/aromatic N) is 2. The van der Waals surface area contributed by atoms with Crippen molar-refractivity contribution in [3.05, 3.63) is 0 Å². The van der Waals surface area contributed by atoms with Crippen LogP contribution in [0.25, 0.3) is 0 Å². The first-order chi connectivity index (χ1) is 8.85. The largest absolute Gasteiger partial charge is 0.480 e. The van der Waals surface area contributed by atoms with E-state index in [9.17, 15) is 9.59 Å². The Hall–Kier alpha value is -1.61. The third-order valence-corrected chi connectivity index (χ3v) is 3.36. The quantitative estimate of drug-likeness (QED) is 0.687. The van der Waals surface area contributed by atoms with Crippen LogP contribution in [0.3, 0.4) is 0 Å². The molecule has 0 saturated carbocycles. The van der Waals surface area contributed by atoms with Crippen molar-refractivity contribution in [1.29, 1.82) is 5.26 Å². The van der Waals surface area contributed by atoms with E-state index in [1.807, 2.05) is 13.8 Å². The molecule has 6 nitrogen and oxygen atoms in total. The third-order valence-electron chi connectivity index (χ3n) is 3.36. The molecule has 0 aromatic rings. The summed E-state index contributed by atoms with van der Waals surface area (Å²) in [6.45, 7) is 4.66. The Morgan fingerprint density at radius 3 is 2.84 bits per heavy atom. The molecule has 0 aromatic heterocycles. The zero-order valence-electron chi connectivity index (χ0n) is 11.5. The predicted octanol–water partition coefficient (Wildman–Crippen LogP) is 0.591. The Labute approximate surface area is 113 Å². The van der Waals surface area contributed by atoms with Gasteiger partial charge in [-0.05, 0) is 33.2 Å². The molecule has 0 bridgehead atoms. The summed E-state index contributed by atoms with van der Waals surface area (Å²) in [6, 6.07) is 1.60. The third kappa shape index (κ3) is 4.87. The lowest BCUT2D eigenvalue weighted by atomic mass is 9.89. The molecule has 1 amide bonds. The number of unbranched alkanes of at least 4 members (excludes halogenated alkanes) is 1. The topological polar surface area (TPSA) is 93.4 Å². The number of hydrogen-bond acceptors (Lipinski definition) is 4. The fourth-order valence-electron chi connectivity index (χ4n) is 2.11. The smallest absolute Gasteiger partial charge is 0.322 e. The van der Waals surface area contributed by atoms with Crippen LogP contribution in [0.2, 0.25) is 0 Å². The number of rotatable bonds is 6. The van der Waals surface area contributed by atoms with Crippen molar-refractivity contribution < 1.29 is 14.7 Å². The molecule has 1 unspecified atom stereocenters. The second-order valence-electron chi connectivity index (χ2n) is 5.58. The minimum Gasteiger partial charge on any atom is -0.480 e. The summed E-state index contributed by atoms with van der Waals surface area (Å²) < 4.78 is 0. The number of nitriles is 1. The van der Waals surface area contributed by atoms with Gasteiger partial charge >= 0.3 is 5.97 Å². The van der Waals surface area contributed by atoms with Gasteiger partial charge in [0.05, 0.1) is 18.0 Å².